The molecule has 0 aromatic carbocycles. The van der Waals surface area contributed by atoms with Crippen LogP contribution in [0.5, 0.6) is 0 Å². The second kappa shape index (κ2) is 10.3. The topological polar surface area (TPSA) is 61.0 Å². The van der Waals surface area contributed by atoms with Crippen molar-refractivity contribution in [2.24, 2.45) is 0 Å². The molecule has 0 aliphatic carbocycles. The van der Waals surface area contributed by atoms with Gasteiger partial charge < -0.3 is 21.3 Å². The van der Waals surface area contributed by atoms with Crippen molar-refractivity contribution in [3.05, 3.63) is 35.3 Å². The normalized spacial score (nSPS) is 21.0. The van der Waals surface area contributed by atoms with E-state index >= 15 is 0 Å². The molecule has 0 amide bonds. The van der Waals surface area contributed by atoms with Gasteiger partial charge in [0, 0.05) is 43.8 Å². The summed E-state index contributed by atoms with van der Waals surface area (Å²) in [5.74, 6) is 0. The Bertz CT molecular complexity index is 442. The summed E-state index contributed by atoms with van der Waals surface area (Å²) in [5, 5.41) is 14.0. The molecule has 1 aromatic heterocycles. The van der Waals surface area contributed by atoms with E-state index in [9.17, 15) is 0 Å². The van der Waals surface area contributed by atoms with Gasteiger partial charge in [0.25, 0.3) is 0 Å². The lowest BCUT2D eigenvalue weighted by Gasteiger charge is -2.14. The van der Waals surface area contributed by atoms with Crippen LogP contribution in [0.15, 0.2) is 24.0 Å². The van der Waals surface area contributed by atoms with E-state index in [1.807, 2.05) is 13.1 Å². The number of aryl methyl sites for hydroxylation is 1. The molecule has 1 aliphatic rings. The monoisotopic (exact) mass is 303 g/mol. The predicted octanol–water partition coefficient (Wildman–Crippen LogP) is 0.883. The summed E-state index contributed by atoms with van der Waals surface area (Å²) < 4.78 is 0. The van der Waals surface area contributed by atoms with Gasteiger partial charge in [-0.05, 0) is 63.2 Å². The van der Waals surface area contributed by atoms with Crippen molar-refractivity contribution in [1.82, 2.24) is 26.3 Å². The van der Waals surface area contributed by atoms with E-state index in [-0.39, 0.29) is 0 Å². The van der Waals surface area contributed by atoms with E-state index < -0.39 is 0 Å². The van der Waals surface area contributed by atoms with Crippen molar-refractivity contribution in [2.45, 2.75) is 19.8 Å². The molecule has 4 N–H and O–H groups in total. The van der Waals surface area contributed by atoms with E-state index in [1.165, 1.54) is 11.3 Å². The summed E-state index contributed by atoms with van der Waals surface area (Å²) in [5.41, 5.74) is 3.51. The van der Waals surface area contributed by atoms with E-state index in [0.717, 1.165) is 64.3 Å². The summed E-state index contributed by atoms with van der Waals surface area (Å²) >= 11 is 0. The maximum absolute atomic E-state index is 4.26. The highest BCUT2D eigenvalue weighted by Crippen LogP contribution is 2.06. The molecule has 1 saturated heterocycles. The Labute approximate surface area is 134 Å². The summed E-state index contributed by atoms with van der Waals surface area (Å²) in [6.45, 7) is 9.18. The Morgan fingerprint density at radius 2 is 1.68 bits per heavy atom. The second-order valence-corrected chi connectivity index (χ2v) is 5.71. The molecule has 5 heteroatoms. The maximum atomic E-state index is 4.26. The Hall–Kier alpha value is -1.43. The number of hydrogen-bond acceptors (Lipinski definition) is 5. The van der Waals surface area contributed by atoms with Gasteiger partial charge in [-0.1, -0.05) is 0 Å². The molecular weight excluding hydrogens is 274 g/mol. The van der Waals surface area contributed by atoms with Gasteiger partial charge >= 0.3 is 0 Å². The molecule has 0 atom stereocenters. The summed E-state index contributed by atoms with van der Waals surface area (Å²) in [6, 6.07) is 4.17. The molecule has 5 nitrogen and oxygen atoms in total. The van der Waals surface area contributed by atoms with Gasteiger partial charge in [-0.15, -0.1) is 0 Å². The Morgan fingerprint density at radius 1 is 0.955 bits per heavy atom. The van der Waals surface area contributed by atoms with Crippen LogP contribution >= 0.6 is 0 Å². The van der Waals surface area contributed by atoms with Crippen LogP contribution in [0.25, 0.3) is 6.08 Å². The minimum atomic E-state index is 0.884. The lowest BCUT2D eigenvalue weighted by Crippen LogP contribution is -2.33. The fourth-order valence-electron chi connectivity index (χ4n) is 2.47. The first-order valence-electron chi connectivity index (χ1n) is 8.34. The van der Waals surface area contributed by atoms with Gasteiger partial charge in [-0.2, -0.15) is 0 Å². The molecule has 1 aromatic rings. The Balaban J connectivity index is 1.92. The molecule has 22 heavy (non-hydrogen) atoms. The molecule has 0 bridgehead atoms. The zero-order valence-electron chi connectivity index (χ0n) is 13.6. The minimum absolute atomic E-state index is 0.884. The van der Waals surface area contributed by atoms with Gasteiger partial charge in [0.15, 0.2) is 0 Å². The number of hydrogen-bond donors (Lipinski definition) is 4. The van der Waals surface area contributed by atoms with Crippen molar-refractivity contribution in [2.75, 3.05) is 45.8 Å². The van der Waals surface area contributed by atoms with Crippen molar-refractivity contribution in [3.63, 3.8) is 0 Å². The fraction of sp³-hybridized carbons (Fsp3) is 0.588. The van der Waals surface area contributed by atoms with Crippen LogP contribution in [-0.2, 0) is 0 Å². The van der Waals surface area contributed by atoms with E-state index in [2.05, 4.69) is 44.5 Å². The standard InChI is InChI=1S/C17H29N5/c1-15-12-16(4-9-21-15)13-17-14-20-7-2-5-18-10-11-19-6-3-8-22-17/h4,9,12-13,18-20,22H,2-3,5-8,10-11,14H2,1H3. The first-order chi connectivity index (χ1) is 10.8. The third-order valence-electron chi connectivity index (χ3n) is 3.65. The molecule has 2 heterocycles. The van der Waals surface area contributed by atoms with E-state index in [0.29, 0.717) is 0 Å². The molecule has 2 rings (SSSR count). The molecule has 0 radical (unpaired) electrons. The quantitative estimate of drug-likeness (QED) is 0.620. The van der Waals surface area contributed by atoms with Crippen molar-refractivity contribution >= 4 is 6.08 Å². The average Bonchev–Trinajstić information content (AvgIpc) is 2.51. The molecule has 1 fully saturated rings. The van der Waals surface area contributed by atoms with Gasteiger partial charge in [-0.3, -0.25) is 4.98 Å². The van der Waals surface area contributed by atoms with E-state index in [4.69, 9.17) is 0 Å². The SMILES string of the molecule is Cc1cc(C=C2CNCCCNCCNCCCN2)ccn1. The van der Waals surface area contributed by atoms with Crippen molar-refractivity contribution in [1.29, 1.82) is 0 Å². The largest absolute Gasteiger partial charge is 0.387 e. The molecule has 1 aliphatic heterocycles. The third kappa shape index (κ3) is 7.02. The summed E-state index contributed by atoms with van der Waals surface area (Å²) in [6.07, 6.45) is 6.38. The molecule has 122 valence electrons. The maximum Gasteiger partial charge on any atom is 0.0378 e. The van der Waals surface area contributed by atoms with Gasteiger partial charge in [0.1, 0.15) is 0 Å². The second-order valence-electron chi connectivity index (χ2n) is 5.71. The van der Waals surface area contributed by atoms with Crippen LogP contribution in [0, 0.1) is 6.92 Å². The lowest BCUT2D eigenvalue weighted by molar-refractivity contribution is 0.553. The average molecular weight is 303 g/mol. The van der Waals surface area contributed by atoms with E-state index in [1.54, 1.807) is 0 Å². The van der Waals surface area contributed by atoms with Gasteiger partial charge in [-0.25, -0.2) is 0 Å². The molecule has 0 unspecified atom stereocenters. The van der Waals surface area contributed by atoms with Gasteiger partial charge in [0.2, 0.25) is 0 Å². The highest BCUT2D eigenvalue weighted by Gasteiger charge is 2.00. The number of aromatic nitrogens is 1. The van der Waals surface area contributed by atoms with Crippen LogP contribution in [0.3, 0.4) is 0 Å². The zero-order valence-corrected chi connectivity index (χ0v) is 13.6. The molecule has 0 spiro atoms. The number of nitrogens with one attached hydrogen (secondary N) is 4. The highest BCUT2D eigenvalue weighted by molar-refractivity contribution is 5.52. The smallest absolute Gasteiger partial charge is 0.0378 e. The van der Waals surface area contributed by atoms with Crippen LogP contribution in [0.2, 0.25) is 0 Å². The lowest BCUT2D eigenvalue weighted by atomic mass is 10.2. The summed E-state index contributed by atoms with van der Waals surface area (Å²) in [7, 11) is 0. The predicted molar refractivity (Wildman–Crippen MR) is 92.8 cm³/mol. The van der Waals surface area contributed by atoms with Crippen molar-refractivity contribution < 1.29 is 0 Å². The molecule has 0 saturated carbocycles. The first kappa shape index (κ1) is 16.9. The highest BCUT2D eigenvalue weighted by atomic mass is 15.0. The van der Waals surface area contributed by atoms with Crippen LogP contribution in [0.1, 0.15) is 24.1 Å². The van der Waals surface area contributed by atoms with Crippen LogP contribution < -0.4 is 21.3 Å². The number of pyridine rings is 1. The zero-order chi connectivity index (χ0) is 15.5. The summed E-state index contributed by atoms with van der Waals surface area (Å²) in [4.78, 5) is 4.26. The van der Waals surface area contributed by atoms with Crippen molar-refractivity contribution in [3.8, 4) is 0 Å². The van der Waals surface area contributed by atoms with Crippen LogP contribution in [-0.4, -0.2) is 50.8 Å². The number of nitrogens with zero attached hydrogens (tertiary/aromatic N) is 1. The number of rotatable bonds is 1. The fourth-order valence-corrected chi connectivity index (χ4v) is 2.47. The Kier molecular flexibility index (Phi) is 7.94. The van der Waals surface area contributed by atoms with Gasteiger partial charge in [0.05, 0.1) is 0 Å². The minimum Gasteiger partial charge on any atom is -0.387 e. The molecular formula is C17H29N5. The van der Waals surface area contributed by atoms with Crippen LogP contribution in [0.4, 0.5) is 0 Å². The third-order valence-corrected chi connectivity index (χ3v) is 3.65. The first-order valence-corrected chi connectivity index (χ1v) is 8.34. The Morgan fingerprint density at radius 3 is 2.45 bits per heavy atom.